The lowest BCUT2D eigenvalue weighted by Gasteiger charge is -2.11. The maximum absolute atomic E-state index is 11.7. The van der Waals surface area contributed by atoms with Gasteiger partial charge in [-0.25, -0.2) is 0 Å². The molecule has 0 unspecified atom stereocenters. The van der Waals surface area contributed by atoms with Gasteiger partial charge < -0.3 is 14.5 Å². The third-order valence-corrected chi connectivity index (χ3v) is 3.17. The fourth-order valence-corrected chi connectivity index (χ4v) is 2.00. The zero-order chi connectivity index (χ0) is 15.8. The highest BCUT2D eigenvalue weighted by Gasteiger charge is 2.13. The molecule has 2 aromatic rings. The molecule has 0 saturated heterocycles. The van der Waals surface area contributed by atoms with Crippen LogP contribution in [0, 0.1) is 0 Å². The average molecular weight is 301 g/mol. The minimum Gasteiger partial charge on any atom is -0.467 e. The van der Waals surface area contributed by atoms with E-state index in [0.29, 0.717) is 12.2 Å². The Kier molecular flexibility index (Phi) is 5.77. The van der Waals surface area contributed by atoms with Crippen molar-refractivity contribution in [1.82, 2.24) is 5.32 Å². The lowest BCUT2D eigenvalue weighted by molar-refractivity contribution is -0.148. The van der Waals surface area contributed by atoms with E-state index >= 15 is 0 Å². The van der Waals surface area contributed by atoms with E-state index in [1.807, 2.05) is 30.3 Å². The Hall–Kier alpha value is -2.56. The molecule has 116 valence electrons. The topological polar surface area (TPSA) is 68.5 Å². The summed E-state index contributed by atoms with van der Waals surface area (Å²) >= 11 is 0. The fourth-order valence-electron chi connectivity index (χ4n) is 2.00. The summed E-state index contributed by atoms with van der Waals surface area (Å²) < 4.78 is 10.1. The Labute approximate surface area is 129 Å². The molecule has 0 bridgehead atoms. The summed E-state index contributed by atoms with van der Waals surface area (Å²) in [5.74, 6) is -0.0784. The number of rotatable bonds is 7. The van der Waals surface area contributed by atoms with Crippen molar-refractivity contribution in [2.75, 3.05) is 6.61 Å². The number of esters is 1. The molecule has 1 atom stereocenters. The molecule has 1 N–H and O–H groups in total. The van der Waals surface area contributed by atoms with Crippen LogP contribution < -0.4 is 5.32 Å². The summed E-state index contributed by atoms with van der Waals surface area (Å²) in [4.78, 5) is 23.3. The number of carbonyl (C=O) groups excluding carboxylic acids is 2. The summed E-state index contributed by atoms with van der Waals surface area (Å²) in [6.07, 6.45) is 2.40. The highest BCUT2D eigenvalue weighted by molar-refractivity contribution is 5.80. The van der Waals surface area contributed by atoms with Crippen LogP contribution in [-0.2, 0) is 20.7 Å². The Morgan fingerprint density at radius 3 is 2.64 bits per heavy atom. The molecule has 0 aliphatic carbocycles. The quantitative estimate of drug-likeness (QED) is 0.798. The zero-order valence-corrected chi connectivity index (χ0v) is 12.5. The molecule has 1 aromatic heterocycles. The summed E-state index contributed by atoms with van der Waals surface area (Å²) in [5, 5.41) is 2.70. The van der Waals surface area contributed by atoms with Gasteiger partial charge in [0.15, 0.2) is 6.61 Å². The summed E-state index contributed by atoms with van der Waals surface area (Å²) in [6.45, 7) is 1.52. The van der Waals surface area contributed by atoms with Crippen LogP contribution in [0.1, 0.15) is 30.7 Å². The second kappa shape index (κ2) is 8.02. The van der Waals surface area contributed by atoms with E-state index in [9.17, 15) is 9.59 Å². The standard InChI is InChI=1S/C17H19NO4/c1-13(15-8-5-11-21-15)18-16(19)12-22-17(20)10-9-14-6-3-2-4-7-14/h2-8,11,13H,9-10,12H2,1H3,(H,18,19)/t13-/m0/s1. The van der Waals surface area contributed by atoms with Crippen molar-refractivity contribution in [3.05, 3.63) is 60.1 Å². The third-order valence-electron chi connectivity index (χ3n) is 3.17. The van der Waals surface area contributed by atoms with E-state index in [1.165, 1.54) is 0 Å². The number of nitrogens with one attached hydrogen (secondary N) is 1. The van der Waals surface area contributed by atoms with Crippen LogP contribution in [0.3, 0.4) is 0 Å². The van der Waals surface area contributed by atoms with Crippen molar-refractivity contribution in [1.29, 1.82) is 0 Å². The Balaban J connectivity index is 1.66. The van der Waals surface area contributed by atoms with E-state index in [2.05, 4.69) is 5.32 Å². The predicted molar refractivity (Wildman–Crippen MR) is 81.0 cm³/mol. The van der Waals surface area contributed by atoms with Crippen LogP contribution in [0.15, 0.2) is 53.1 Å². The monoisotopic (exact) mass is 301 g/mol. The first kappa shape index (κ1) is 15.8. The molecule has 1 amide bonds. The number of ether oxygens (including phenoxy) is 1. The van der Waals surface area contributed by atoms with Crippen molar-refractivity contribution in [2.45, 2.75) is 25.8 Å². The van der Waals surface area contributed by atoms with E-state index in [4.69, 9.17) is 9.15 Å². The number of amides is 1. The maximum Gasteiger partial charge on any atom is 0.306 e. The van der Waals surface area contributed by atoms with Gasteiger partial charge in [-0.3, -0.25) is 9.59 Å². The van der Waals surface area contributed by atoms with Crippen molar-refractivity contribution < 1.29 is 18.7 Å². The molecule has 5 nitrogen and oxygen atoms in total. The number of hydrogen-bond acceptors (Lipinski definition) is 4. The Bertz CT molecular complexity index is 592. The molecule has 0 aliphatic rings. The molecule has 1 heterocycles. The molecule has 0 saturated carbocycles. The molecule has 1 aromatic carbocycles. The van der Waals surface area contributed by atoms with E-state index < -0.39 is 0 Å². The van der Waals surface area contributed by atoms with Gasteiger partial charge in [0.2, 0.25) is 0 Å². The van der Waals surface area contributed by atoms with Crippen LogP contribution in [-0.4, -0.2) is 18.5 Å². The maximum atomic E-state index is 11.7. The van der Waals surface area contributed by atoms with Gasteiger partial charge in [0.25, 0.3) is 5.91 Å². The molecule has 0 fully saturated rings. The molecule has 22 heavy (non-hydrogen) atoms. The first-order valence-electron chi connectivity index (χ1n) is 7.17. The average Bonchev–Trinajstić information content (AvgIpc) is 3.06. The van der Waals surface area contributed by atoms with Crippen LogP contribution >= 0.6 is 0 Å². The molecular formula is C17H19NO4. The van der Waals surface area contributed by atoms with E-state index in [1.54, 1.807) is 25.3 Å². The van der Waals surface area contributed by atoms with Crippen molar-refractivity contribution in [3.8, 4) is 0 Å². The van der Waals surface area contributed by atoms with Crippen LogP contribution in [0.5, 0.6) is 0 Å². The lowest BCUT2D eigenvalue weighted by Crippen LogP contribution is -2.31. The van der Waals surface area contributed by atoms with Crippen LogP contribution in [0.25, 0.3) is 0 Å². The lowest BCUT2D eigenvalue weighted by atomic mass is 10.1. The third kappa shape index (κ3) is 5.09. The first-order valence-corrected chi connectivity index (χ1v) is 7.17. The molecule has 5 heteroatoms. The summed E-state index contributed by atoms with van der Waals surface area (Å²) in [6, 6.07) is 12.9. The number of benzene rings is 1. The highest BCUT2D eigenvalue weighted by Crippen LogP contribution is 2.11. The van der Waals surface area contributed by atoms with Gasteiger partial charge in [0, 0.05) is 6.42 Å². The van der Waals surface area contributed by atoms with Crippen molar-refractivity contribution in [2.24, 2.45) is 0 Å². The van der Waals surface area contributed by atoms with Crippen molar-refractivity contribution in [3.63, 3.8) is 0 Å². The molecule has 2 rings (SSSR count). The van der Waals surface area contributed by atoms with Gasteiger partial charge in [-0.05, 0) is 31.0 Å². The second-order valence-electron chi connectivity index (χ2n) is 4.95. The number of carbonyl (C=O) groups is 2. The Morgan fingerprint density at radius 1 is 1.18 bits per heavy atom. The van der Waals surface area contributed by atoms with Gasteiger partial charge in [-0.15, -0.1) is 0 Å². The predicted octanol–water partition coefficient (Wildman–Crippen LogP) is 2.63. The van der Waals surface area contributed by atoms with Gasteiger partial charge in [-0.2, -0.15) is 0 Å². The van der Waals surface area contributed by atoms with Crippen molar-refractivity contribution >= 4 is 11.9 Å². The number of aryl methyl sites for hydroxylation is 1. The smallest absolute Gasteiger partial charge is 0.306 e. The normalized spacial score (nSPS) is 11.7. The fraction of sp³-hybridized carbons (Fsp3) is 0.294. The molecule has 0 spiro atoms. The van der Waals surface area contributed by atoms with Gasteiger partial charge >= 0.3 is 5.97 Å². The first-order chi connectivity index (χ1) is 10.6. The Morgan fingerprint density at radius 2 is 1.95 bits per heavy atom. The highest BCUT2D eigenvalue weighted by atomic mass is 16.5. The minimum absolute atomic E-state index is 0.255. The molecule has 0 radical (unpaired) electrons. The minimum atomic E-state index is -0.385. The summed E-state index contributed by atoms with van der Waals surface area (Å²) in [7, 11) is 0. The molecular weight excluding hydrogens is 282 g/mol. The molecule has 0 aliphatic heterocycles. The zero-order valence-electron chi connectivity index (χ0n) is 12.5. The summed E-state index contributed by atoms with van der Waals surface area (Å²) in [5.41, 5.74) is 1.07. The SMILES string of the molecule is C[C@H](NC(=O)COC(=O)CCc1ccccc1)c1ccco1. The number of hydrogen-bond donors (Lipinski definition) is 1. The van der Waals surface area contributed by atoms with Gasteiger partial charge in [0.1, 0.15) is 5.76 Å². The van der Waals surface area contributed by atoms with Gasteiger partial charge in [0.05, 0.1) is 12.3 Å². The van der Waals surface area contributed by atoms with Crippen LogP contribution in [0.2, 0.25) is 0 Å². The second-order valence-corrected chi connectivity index (χ2v) is 4.95. The van der Waals surface area contributed by atoms with Gasteiger partial charge in [-0.1, -0.05) is 30.3 Å². The largest absolute Gasteiger partial charge is 0.467 e. The van der Waals surface area contributed by atoms with E-state index in [-0.39, 0.29) is 30.9 Å². The van der Waals surface area contributed by atoms with Crippen LogP contribution in [0.4, 0.5) is 0 Å². The number of furan rings is 1. The van der Waals surface area contributed by atoms with E-state index in [0.717, 1.165) is 5.56 Å².